The molecule has 0 unspecified atom stereocenters. The summed E-state index contributed by atoms with van der Waals surface area (Å²) in [6.45, 7) is 3.20. The molecule has 0 atom stereocenters. The van der Waals surface area contributed by atoms with Gasteiger partial charge >= 0.3 is 5.97 Å². The van der Waals surface area contributed by atoms with Gasteiger partial charge in [-0.2, -0.15) is 5.10 Å². The molecule has 5 rings (SSSR count). The number of nitrogens with zero attached hydrogens (tertiary/aromatic N) is 3. The number of aromatic carboxylic acids is 1. The predicted octanol–water partition coefficient (Wildman–Crippen LogP) is 5.61. The van der Waals surface area contributed by atoms with Gasteiger partial charge in [0, 0.05) is 29.2 Å². The molecule has 3 aromatic carbocycles. The molecule has 0 radical (unpaired) electrons. The number of fused-ring (bicyclic) bond motifs is 1. The SMILES string of the molecule is Cc1ccc2c(c1)c(-c1cc(C(=O)O)n(Cc3ccccc3)n1)cn2Cc1ccccc1. The van der Waals surface area contributed by atoms with Gasteiger partial charge in [-0.25, -0.2) is 4.79 Å². The predicted molar refractivity (Wildman–Crippen MR) is 126 cm³/mol. The second-order valence-electron chi connectivity index (χ2n) is 8.04. The molecule has 0 amide bonds. The second-order valence-corrected chi connectivity index (χ2v) is 8.04. The van der Waals surface area contributed by atoms with E-state index in [9.17, 15) is 9.90 Å². The Morgan fingerprint density at radius 2 is 1.53 bits per heavy atom. The van der Waals surface area contributed by atoms with E-state index in [0.29, 0.717) is 12.2 Å². The van der Waals surface area contributed by atoms with Crippen molar-refractivity contribution in [1.29, 1.82) is 0 Å². The first-order valence-corrected chi connectivity index (χ1v) is 10.6. The van der Waals surface area contributed by atoms with Crippen LogP contribution in [0, 0.1) is 6.92 Å². The molecule has 2 heterocycles. The molecule has 0 saturated heterocycles. The van der Waals surface area contributed by atoms with Crippen molar-refractivity contribution in [3.05, 3.63) is 114 Å². The fourth-order valence-corrected chi connectivity index (χ4v) is 4.12. The van der Waals surface area contributed by atoms with Gasteiger partial charge in [-0.1, -0.05) is 72.3 Å². The van der Waals surface area contributed by atoms with Crippen molar-refractivity contribution in [2.24, 2.45) is 0 Å². The largest absolute Gasteiger partial charge is 0.477 e. The zero-order valence-electron chi connectivity index (χ0n) is 17.8. The fraction of sp³-hybridized carbons (Fsp3) is 0.111. The number of carbonyl (C=O) groups is 1. The lowest BCUT2D eigenvalue weighted by atomic mass is 10.1. The lowest BCUT2D eigenvalue weighted by molar-refractivity contribution is 0.0684. The highest BCUT2D eigenvalue weighted by molar-refractivity contribution is 5.97. The normalized spacial score (nSPS) is 11.2. The van der Waals surface area contributed by atoms with Crippen LogP contribution >= 0.6 is 0 Å². The molecule has 0 saturated carbocycles. The highest BCUT2D eigenvalue weighted by Crippen LogP contribution is 2.32. The topological polar surface area (TPSA) is 60.0 Å². The second kappa shape index (κ2) is 8.19. The molecule has 0 bridgehead atoms. The molecule has 5 aromatic rings. The van der Waals surface area contributed by atoms with E-state index < -0.39 is 5.97 Å². The quantitative estimate of drug-likeness (QED) is 0.388. The minimum atomic E-state index is -0.983. The highest BCUT2D eigenvalue weighted by Gasteiger charge is 2.19. The minimum Gasteiger partial charge on any atom is -0.477 e. The van der Waals surface area contributed by atoms with Gasteiger partial charge in [0.2, 0.25) is 0 Å². The van der Waals surface area contributed by atoms with Crippen molar-refractivity contribution in [3.8, 4) is 11.3 Å². The number of hydrogen-bond acceptors (Lipinski definition) is 2. The Morgan fingerprint density at radius 3 is 2.19 bits per heavy atom. The van der Waals surface area contributed by atoms with Crippen LogP contribution in [-0.4, -0.2) is 25.4 Å². The Hall–Kier alpha value is -4.12. The molecular formula is C27H23N3O2. The van der Waals surface area contributed by atoms with Crippen molar-refractivity contribution in [3.63, 3.8) is 0 Å². The van der Waals surface area contributed by atoms with Gasteiger partial charge in [0.15, 0.2) is 0 Å². The molecular weight excluding hydrogens is 398 g/mol. The smallest absolute Gasteiger partial charge is 0.354 e. The third-order valence-corrected chi connectivity index (χ3v) is 5.68. The first kappa shape index (κ1) is 19.8. The minimum absolute atomic E-state index is 0.181. The van der Waals surface area contributed by atoms with Gasteiger partial charge in [0.25, 0.3) is 0 Å². The van der Waals surface area contributed by atoms with Crippen LogP contribution in [0.4, 0.5) is 0 Å². The van der Waals surface area contributed by atoms with Gasteiger partial charge in [-0.3, -0.25) is 4.68 Å². The summed E-state index contributed by atoms with van der Waals surface area (Å²) < 4.78 is 3.78. The Labute approximate surface area is 186 Å². The number of aryl methyl sites for hydroxylation is 1. The van der Waals surface area contributed by atoms with E-state index in [1.54, 1.807) is 10.7 Å². The maximum absolute atomic E-state index is 12.0. The van der Waals surface area contributed by atoms with Gasteiger partial charge < -0.3 is 9.67 Å². The maximum atomic E-state index is 12.0. The van der Waals surface area contributed by atoms with Crippen LogP contribution < -0.4 is 0 Å². The molecule has 2 aromatic heterocycles. The molecule has 0 fully saturated rings. The van der Waals surface area contributed by atoms with Gasteiger partial charge in [0.1, 0.15) is 5.69 Å². The van der Waals surface area contributed by atoms with E-state index in [-0.39, 0.29) is 5.69 Å². The van der Waals surface area contributed by atoms with Crippen LogP contribution in [0.1, 0.15) is 27.2 Å². The molecule has 5 nitrogen and oxygen atoms in total. The van der Waals surface area contributed by atoms with Crippen LogP contribution in [0.2, 0.25) is 0 Å². The standard InChI is InChI=1S/C27H23N3O2/c1-19-12-13-25-22(14-19)23(18-29(25)16-20-8-4-2-5-9-20)24-15-26(27(31)32)30(28-24)17-21-10-6-3-7-11-21/h2-15,18H,16-17H2,1H3,(H,31,32). The Bertz CT molecular complexity index is 1400. The molecule has 32 heavy (non-hydrogen) atoms. The number of aromatic nitrogens is 3. The first-order valence-electron chi connectivity index (χ1n) is 10.6. The van der Waals surface area contributed by atoms with Gasteiger partial charge in [-0.15, -0.1) is 0 Å². The lowest BCUT2D eigenvalue weighted by Gasteiger charge is -2.05. The van der Waals surface area contributed by atoms with E-state index in [0.717, 1.165) is 34.1 Å². The molecule has 0 aliphatic rings. The Kier molecular flexibility index (Phi) is 5.07. The number of carboxylic acids is 1. The van der Waals surface area contributed by atoms with Crippen LogP contribution in [0.25, 0.3) is 22.2 Å². The van der Waals surface area contributed by atoms with E-state index >= 15 is 0 Å². The number of carboxylic acid groups (broad SMARTS) is 1. The summed E-state index contributed by atoms with van der Waals surface area (Å²) in [5.41, 5.74) is 6.25. The van der Waals surface area contributed by atoms with Crippen molar-refractivity contribution < 1.29 is 9.90 Å². The number of rotatable bonds is 6. The zero-order chi connectivity index (χ0) is 22.1. The monoisotopic (exact) mass is 421 g/mol. The van der Waals surface area contributed by atoms with E-state index in [1.807, 2.05) is 48.5 Å². The Balaban J connectivity index is 1.62. The summed E-state index contributed by atoms with van der Waals surface area (Å²) in [5.74, 6) is -0.983. The van der Waals surface area contributed by atoms with Crippen molar-refractivity contribution in [2.45, 2.75) is 20.0 Å². The van der Waals surface area contributed by atoms with Crippen molar-refractivity contribution in [1.82, 2.24) is 14.3 Å². The average molecular weight is 422 g/mol. The van der Waals surface area contributed by atoms with E-state index in [1.165, 1.54) is 5.56 Å². The summed E-state index contributed by atoms with van der Waals surface area (Å²) in [4.78, 5) is 12.0. The van der Waals surface area contributed by atoms with Crippen LogP contribution in [-0.2, 0) is 13.1 Å². The highest BCUT2D eigenvalue weighted by atomic mass is 16.4. The molecule has 0 aliphatic heterocycles. The molecule has 0 aliphatic carbocycles. The number of benzene rings is 3. The van der Waals surface area contributed by atoms with E-state index in [2.05, 4.69) is 48.0 Å². The molecule has 0 spiro atoms. The molecule has 1 N–H and O–H groups in total. The summed E-state index contributed by atoms with van der Waals surface area (Å²) >= 11 is 0. The molecule has 158 valence electrons. The van der Waals surface area contributed by atoms with Crippen LogP contribution in [0.5, 0.6) is 0 Å². The van der Waals surface area contributed by atoms with E-state index in [4.69, 9.17) is 5.10 Å². The molecule has 5 heteroatoms. The Morgan fingerprint density at radius 1 is 0.875 bits per heavy atom. The van der Waals surface area contributed by atoms with Crippen LogP contribution in [0.15, 0.2) is 91.1 Å². The lowest BCUT2D eigenvalue weighted by Crippen LogP contribution is -2.10. The summed E-state index contributed by atoms with van der Waals surface area (Å²) in [6, 6.07) is 28.1. The average Bonchev–Trinajstić information content (AvgIpc) is 3.36. The zero-order valence-corrected chi connectivity index (χ0v) is 17.8. The van der Waals surface area contributed by atoms with Gasteiger partial charge in [-0.05, 0) is 36.2 Å². The summed E-state index contributed by atoms with van der Waals surface area (Å²) in [5, 5.41) is 15.6. The van der Waals surface area contributed by atoms with Crippen LogP contribution in [0.3, 0.4) is 0 Å². The van der Waals surface area contributed by atoms with Crippen molar-refractivity contribution >= 4 is 16.9 Å². The first-order chi connectivity index (χ1) is 15.6. The summed E-state index contributed by atoms with van der Waals surface area (Å²) in [7, 11) is 0. The maximum Gasteiger partial charge on any atom is 0.354 e. The third-order valence-electron chi connectivity index (χ3n) is 5.68. The number of hydrogen-bond donors (Lipinski definition) is 1. The fourth-order valence-electron chi connectivity index (χ4n) is 4.12. The third kappa shape index (κ3) is 3.81. The van der Waals surface area contributed by atoms with Crippen molar-refractivity contribution in [2.75, 3.05) is 0 Å². The summed E-state index contributed by atoms with van der Waals surface area (Å²) in [6.07, 6.45) is 2.08. The van der Waals surface area contributed by atoms with Gasteiger partial charge in [0.05, 0.1) is 12.2 Å².